The van der Waals surface area contributed by atoms with Gasteiger partial charge in [-0.15, -0.1) is 0 Å². The van der Waals surface area contributed by atoms with Crippen LogP contribution in [-0.2, 0) is 6.42 Å². The summed E-state index contributed by atoms with van der Waals surface area (Å²) < 4.78 is 13.7. The van der Waals surface area contributed by atoms with Crippen molar-refractivity contribution in [1.29, 1.82) is 0 Å². The van der Waals surface area contributed by atoms with Crippen LogP contribution in [0, 0.1) is 5.82 Å². The van der Waals surface area contributed by atoms with Crippen molar-refractivity contribution in [2.24, 2.45) is 0 Å². The van der Waals surface area contributed by atoms with E-state index in [9.17, 15) is 4.39 Å². The molecule has 4 nitrogen and oxygen atoms in total. The summed E-state index contributed by atoms with van der Waals surface area (Å²) in [7, 11) is 0. The van der Waals surface area contributed by atoms with Crippen molar-refractivity contribution < 1.29 is 4.39 Å². The Bertz CT molecular complexity index is 501. The highest BCUT2D eigenvalue weighted by Crippen LogP contribution is 2.20. The third kappa shape index (κ3) is 3.05. The van der Waals surface area contributed by atoms with Gasteiger partial charge in [0.1, 0.15) is 5.82 Å². The Morgan fingerprint density at radius 1 is 1.50 bits per heavy atom. The van der Waals surface area contributed by atoms with Gasteiger partial charge in [0.2, 0.25) is 0 Å². The number of halogens is 2. The molecule has 18 heavy (non-hydrogen) atoms. The molecule has 2 rings (SSSR count). The molecule has 96 valence electrons. The molecule has 0 saturated heterocycles. The highest BCUT2D eigenvalue weighted by molar-refractivity contribution is 6.30. The third-order valence-electron chi connectivity index (χ3n) is 2.68. The molecule has 6 heteroatoms. The van der Waals surface area contributed by atoms with Crippen molar-refractivity contribution in [3.05, 3.63) is 46.5 Å². The van der Waals surface area contributed by atoms with Crippen LogP contribution >= 0.6 is 11.6 Å². The number of aromatic amines is 1. The van der Waals surface area contributed by atoms with Crippen LogP contribution in [0.25, 0.3) is 0 Å². The van der Waals surface area contributed by atoms with Gasteiger partial charge in [-0.05, 0) is 30.7 Å². The summed E-state index contributed by atoms with van der Waals surface area (Å²) in [6.45, 7) is 2.76. The number of benzene rings is 1. The zero-order valence-electron chi connectivity index (χ0n) is 9.95. The molecule has 0 aliphatic rings. The number of likely N-dealkylation sites (N-methyl/N-ethyl adjacent to an activating group) is 1. The van der Waals surface area contributed by atoms with Gasteiger partial charge in [0.05, 0.1) is 17.9 Å². The smallest absolute Gasteiger partial charge is 0.127 e. The van der Waals surface area contributed by atoms with E-state index in [2.05, 4.69) is 20.7 Å². The van der Waals surface area contributed by atoms with E-state index in [0.29, 0.717) is 17.0 Å². The maximum atomic E-state index is 13.7. The minimum absolute atomic E-state index is 0.0653. The molecular weight excluding hydrogens is 255 g/mol. The molecule has 2 N–H and O–H groups in total. The standard InChI is InChI=1S/C12H14ClFN4/c1-2-15-11(12-7-16-18-17-12)5-8-3-4-9(13)6-10(8)14/h3-4,6-7,11,15H,2,5H2,1H3,(H,16,17,18). The van der Waals surface area contributed by atoms with Gasteiger partial charge < -0.3 is 5.32 Å². The van der Waals surface area contributed by atoms with E-state index in [1.807, 2.05) is 6.92 Å². The quantitative estimate of drug-likeness (QED) is 0.876. The average molecular weight is 269 g/mol. The van der Waals surface area contributed by atoms with E-state index in [-0.39, 0.29) is 11.9 Å². The summed E-state index contributed by atoms with van der Waals surface area (Å²) in [5.74, 6) is -0.297. The van der Waals surface area contributed by atoms with Crippen LogP contribution in [0.1, 0.15) is 24.2 Å². The Morgan fingerprint density at radius 3 is 2.94 bits per heavy atom. The number of hydrogen-bond acceptors (Lipinski definition) is 3. The van der Waals surface area contributed by atoms with Crippen LogP contribution < -0.4 is 5.32 Å². The molecule has 1 unspecified atom stereocenters. The van der Waals surface area contributed by atoms with Crippen molar-refractivity contribution in [2.75, 3.05) is 6.54 Å². The first-order valence-corrected chi connectivity index (χ1v) is 6.11. The van der Waals surface area contributed by atoms with E-state index in [0.717, 1.165) is 12.2 Å². The van der Waals surface area contributed by atoms with Crippen molar-refractivity contribution in [3.8, 4) is 0 Å². The maximum absolute atomic E-state index is 13.7. The van der Waals surface area contributed by atoms with E-state index in [4.69, 9.17) is 11.6 Å². The number of hydrogen-bond donors (Lipinski definition) is 2. The molecule has 1 aromatic carbocycles. The van der Waals surface area contributed by atoms with Crippen LogP contribution in [-0.4, -0.2) is 22.0 Å². The fraction of sp³-hybridized carbons (Fsp3) is 0.333. The number of aromatic nitrogens is 3. The van der Waals surface area contributed by atoms with Crippen LogP contribution in [0.5, 0.6) is 0 Å². The van der Waals surface area contributed by atoms with Crippen molar-refractivity contribution >= 4 is 11.6 Å². The highest BCUT2D eigenvalue weighted by atomic mass is 35.5. The highest BCUT2D eigenvalue weighted by Gasteiger charge is 2.16. The first-order chi connectivity index (χ1) is 8.70. The SMILES string of the molecule is CCNC(Cc1ccc(Cl)cc1F)c1cn[nH]n1. The molecule has 1 heterocycles. The Hall–Kier alpha value is -1.46. The van der Waals surface area contributed by atoms with E-state index in [1.165, 1.54) is 6.07 Å². The van der Waals surface area contributed by atoms with Gasteiger partial charge in [-0.3, -0.25) is 0 Å². The third-order valence-corrected chi connectivity index (χ3v) is 2.92. The van der Waals surface area contributed by atoms with Crippen LogP contribution in [0.3, 0.4) is 0 Å². The van der Waals surface area contributed by atoms with Crippen LogP contribution in [0.2, 0.25) is 5.02 Å². The summed E-state index contributed by atoms with van der Waals surface area (Å²) in [6, 6.07) is 4.64. The lowest BCUT2D eigenvalue weighted by Crippen LogP contribution is -2.23. The first-order valence-electron chi connectivity index (χ1n) is 5.73. The van der Waals surface area contributed by atoms with Gasteiger partial charge in [-0.25, -0.2) is 4.39 Å². The van der Waals surface area contributed by atoms with Crippen molar-refractivity contribution in [3.63, 3.8) is 0 Å². The minimum atomic E-state index is -0.297. The fourth-order valence-corrected chi connectivity index (χ4v) is 1.97. The van der Waals surface area contributed by atoms with Gasteiger partial charge in [-0.2, -0.15) is 15.4 Å². The van der Waals surface area contributed by atoms with Gasteiger partial charge in [0.25, 0.3) is 0 Å². The molecule has 0 spiro atoms. The van der Waals surface area contributed by atoms with Crippen LogP contribution in [0.4, 0.5) is 4.39 Å². The molecule has 1 atom stereocenters. The lowest BCUT2D eigenvalue weighted by Gasteiger charge is -2.15. The minimum Gasteiger partial charge on any atom is -0.309 e. The molecule has 0 saturated carbocycles. The molecular formula is C12H14ClFN4. The van der Waals surface area contributed by atoms with Crippen LogP contribution in [0.15, 0.2) is 24.4 Å². The fourth-order valence-electron chi connectivity index (χ4n) is 1.81. The second kappa shape index (κ2) is 5.93. The summed E-state index contributed by atoms with van der Waals surface area (Å²) in [5.41, 5.74) is 1.37. The predicted molar refractivity (Wildman–Crippen MR) is 67.9 cm³/mol. The van der Waals surface area contributed by atoms with Gasteiger partial charge in [-0.1, -0.05) is 24.6 Å². The average Bonchev–Trinajstić information content (AvgIpc) is 2.85. The Kier molecular flexibility index (Phi) is 4.28. The second-order valence-corrected chi connectivity index (χ2v) is 4.38. The normalized spacial score (nSPS) is 12.6. The summed E-state index contributed by atoms with van der Waals surface area (Å²) in [6.07, 6.45) is 2.14. The van der Waals surface area contributed by atoms with Crippen molar-refractivity contribution in [1.82, 2.24) is 20.7 Å². The Balaban J connectivity index is 2.18. The van der Waals surface area contributed by atoms with E-state index < -0.39 is 0 Å². The zero-order valence-corrected chi connectivity index (χ0v) is 10.7. The summed E-state index contributed by atoms with van der Waals surface area (Å²) in [4.78, 5) is 0. The molecule has 0 aliphatic carbocycles. The molecule has 2 aromatic rings. The number of nitrogens with one attached hydrogen (secondary N) is 2. The summed E-state index contributed by atoms with van der Waals surface area (Å²) >= 11 is 5.73. The number of nitrogens with zero attached hydrogens (tertiary/aromatic N) is 2. The maximum Gasteiger partial charge on any atom is 0.127 e. The molecule has 0 fully saturated rings. The first kappa shape index (κ1) is 13.0. The topological polar surface area (TPSA) is 53.6 Å². The largest absolute Gasteiger partial charge is 0.309 e. The molecule has 1 aromatic heterocycles. The molecule has 0 radical (unpaired) electrons. The summed E-state index contributed by atoms with van der Waals surface area (Å²) in [5, 5.41) is 14.0. The zero-order chi connectivity index (χ0) is 13.0. The van der Waals surface area contributed by atoms with Gasteiger partial charge in [0, 0.05) is 5.02 Å². The van der Waals surface area contributed by atoms with Gasteiger partial charge in [0.15, 0.2) is 0 Å². The second-order valence-electron chi connectivity index (χ2n) is 3.94. The lowest BCUT2D eigenvalue weighted by molar-refractivity contribution is 0.517. The number of rotatable bonds is 5. The van der Waals surface area contributed by atoms with E-state index in [1.54, 1.807) is 18.3 Å². The van der Waals surface area contributed by atoms with E-state index >= 15 is 0 Å². The number of H-pyrrole nitrogens is 1. The molecule has 0 bridgehead atoms. The van der Waals surface area contributed by atoms with Gasteiger partial charge >= 0.3 is 0 Å². The lowest BCUT2D eigenvalue weighted by atomic mass is 10.0. The predicted octanol–water partition coefficient (Wildman–Crippen LogP) is 2.49. The molecule has 0 aliphatic heterocycles. The Labute approximate surface area is 110 Å². The monoisotopic (exact) mass is 268 g/mol. The Morgan fingerprint density at radius 2 is 2.33 bits per heavy atom. The molecule has 0 amide bonds. The van der Waals surface area contributed by atoms with Crippen molar-refractivity contribution in [2.45, 2.75) is 19.4 Å².